The van der Waals surface area contributed by atoms with E-state index in [1.807, 2.05) is 24.3 Å². The predicted molar refractivity (Wildman–Crippen MR) is 70.2 cm³/mol. The largest absolute Gasteiger partial charge is 0.494 e. The van der Waals surface area contributed by atoms with E-state index in [1.165, 1.54) is 6.08 Å². The van der Waals surface area contributed by atoms with Crippen molar-refractivity contribution in [3.05, 3.63) is 41.4 Å². The molecular formula is C13H15BrO3. The van der Waals surface area contributed by atoms with Crippen molar-refractivity contribution < 1.29 is 14.6 Å². The number of benzene rings is 1. The highest BCUT2D eigenvalue weighted by Gasteiger charge is 2.29. The van der Waals surface area contributed by atoms with Crippen molar-refractivity contribution in [2.75, 3.05) is 6.61 Å². The van der Waals surface area contributed by atoms with Crippen molar-refractivity contribution in [3.8, 4) is 5.75 Å². The predicted octanol–water partition coefficient (Wildman–Crippen LogP) is 3.49. The Morgan fingerprint density at radius 1 is 1.65 bits per heavy atom. The normalized spacial score (nSPS) is 13.8. The minimum absolute atomic E-state index is 0.339. The Labute approximate surface area is 109 Å². The zero-order chi connectivity index (χ0) is 12.9. The van der Waals surface area contributed by atoms with E-state index in [0.29, 0.717) is 13.0 Å². The second-order valence-corrected chi connectivity index (χ2v) is 4.90. The molecule has 0 aliphatic carbocycles. The molecule has 1 aromatic carbocycles. The number of rotatable bonds is 6. The van der Waals surface area contributed by atoms with Crippen LogP contribution < -0.4 is 4.74 Å². The Bertz CT molecular complexity index is 417. The van der Waals surface area contributed by atoms with Gasteiger partial charge in [0.1, 0.15) is 5.75 Å². The smallest absolute Gasteiger partial charge is 0.313 e. The van der Waals surface area contributed by atoms with Crippen LogP contribution in [0.3, 0.4) is 0 Å². The zero-order valence-corrected chi connectivity index (χ0v) is 11.2. The summed E-state index contributed by atoms with van der Waals surface area (Å²) in [6, 6.07) is 7.43. The number of ether oxygens (including phenoxy) is 1. The molecule has 17 heavy (non-hydrogen) atoms. The van der Waals surface area contributed by atoms with Gasteiger partial charge in [0.2, 0.25) is 0 Å². The first kappa shape index (κ1) is 13.8. The van der Waals surface area contributed by atoms with Gasteiger partial charge in [0.05, 0.1) is 12.0 Å². The molecule has 92 valence electrons. The fourth-order valence-corrected chi connectivity index (χ4v) is 1.61. The highest BCUT2D eigenvalue weighted by atomic mass is 79.9. The summed E-state index contributed by atoms with van der Waals surface area (Å²) in [5.41, 5.74) is -0.938. The van der Waals surface area contributed by atoms with Crippen molar-refractivity contribution >= 4 is 21.9 Å². The third-order valence-corrected chi connectivity index (χ3v) is 3.12. The summed E-state index contributed by atoms with van der Waals surface area (Å²) < 4.78 is 6.42. The van der Waals surface area contributed by atoms with Gasteiger partial charge in [-0.2, -0.15) is 0 Å². The van der Waals surface area contributed by atoms with Gasteiger partial charge in [-0.25, -0.2) is 0 Å². The van der Waals surface area contributed by atoms with E-state index in [1.54, 1.807) is 6.92 Å². The molecule has 0 saturated carbocycles. The van der Waals surface area contributed by atoms with E-state index < -0.39 is 11.4 Å². The van der Waals surface area contributed by atoms with Crippen LogP contribution in [-0.2, 0) is 4.79 Å². The van der Waals surface area contributed by atoms with Gasteiger partial charge >= 0.3 is 5.97 Å². The molecule has 1 N–H and O–H groups in total. The molecule has 4 heteroatoms. The Morgan fingerprint density at radius 2 is 2.35 bits per heavy atom. The molecule has 0 amide bonds. The maximum Gasteiger partial charge on any atom is 0.313 e. The van der Waals surface area contributed by atoms with Gasteiger partial charge in [0.15, 0.2) is 0 Å². The van der Waals surface area contributed by atoms with Crippen LogP contribution in [0.5, 0.6) is 5.75 Å². The van der Waals surface area contributed by atoms with Crippen molar-refractivity contribution in [3.63, 3.8) is 0 Å². The van der Waals surface area contributed by atoms with Crippen LogP contribution >= 0.6 is 15.9 Å². The lowest BCUT2D eigenvalue weighted by Gasteiger charge is -2.20. The number of halogens is 1. The van der Waals surface area contributed by atoms with E-state index in [0.717, 1.165) is 10.2 Å². The van der Waals surface area contributed by atoms with Crippen molar-refractivity contribution in [2.45, 2.75) is 13.3 Å². The van der Waals surface area contributed by atoms with E-state index in [4.69, 9.17) is 9.84 Å². The van der Waals surface area contributed by atoms with Crippen LogP contribution in [0.4, 0.5) is 0 Å². The van der Waals surface area contributed by atoms with Gasteiger partial charge in [-0.1, -0.05) is 28.1 Å². The number of carboxylic acid groups (broad SMARTS) is 1. The third-order valence-electron chi connectivity index (χ3n) is 2.63. The van der Waals surface area contributed by atoms with Crippen LogP contribution in [0, 0.1) is 5.41 Å². The van der Waals surface area contributed by atoms with Gasteiger partial charge in [-0.15, -0.1) is 6.58 Å². The molecule has 0 aromatic heterocycles. The summed E-state index contributed by atoms with van der Waals surface area (Å²) in [6.45, 7) is 5.52. The van der Waals surface area contributed by atoms with Gasteiger partial charge in [-0.3, -0.25) is 4.79 Å². The van der Waals surface area contributed by atoms with E-state index in [9.17, 15) is 4.79 Å². The number of carboxylic acids is 1. The molecule has 0 bridgehead atoms. The molecule has 3 nitrogen and oxygen atoms in total. The quantitative estimate of drug-likeness (QED) is 0.818. The van der Waals surface area contributed by atoms with Gasteiger partial charge in [0, 0.05) is 10.9 Å². The lowest BCUT2D eigenvalue weighted by Crippen LogP contribution is -2.27. The van der Waals surface area contributed by atoms with Crippen molar-refractivity contribution in [2.24, 2.45) is 5.41 Å². The average Bonchev–Trinajstić information content (AvgIpc) is 2.28. The van der Waals surface area contributed by atoms with Gasteiger partial charge in [-0.05, 0) is 25.1 Å². The maximum atomic E-state index is 11.0. The molecule has 1 rings (SSSR count). The van der Waals surface area contributed by atoms with E-state index in [-0.39, 0.29) is 0 Å². The topological polar surface area (TPSA) is 46.5 Å². The van der Waals surface area contributed by atoms with E-state index in [2.05, 4.69) is 22.5 Å². The van der Waals surface area contributed by atoms with E-state index >= 15 is 0 Å². The number of hydrogen-bond acceptors (Lipinski definition) is 2. The zero-order valence-electron chi connectivity index (χ0n) is 9.65. The molecule has 1 atom stereocenters. The SMILES string of the molecule is C=CC(C)(CCOc1cccc(Br)c1)C(=O)O. The molecule has 0 aliphatic rings. The summed E-state index contributed by atoms with van der Waals surface area (Å²) in [7, 11) is 0. The molecule has 0 heterocycles. The highest BCUT2D eigenvalue weighted by molar-refractivity contribution is 9.10. The third kappa shape index (κ3) is 3.89. The second-order valence-electron chi connectivity index (χ2n) is 3.98. The minimum Gasteiger partial charge on any atom is -0.494 e. The number of hydrogen-bond donors (Lipinski definition) is 1. The summed E-state index contributed by atoms with van der Waals surface area (Å²) in [4.78, 5) is 11.0. The minimum atomic E-state index is -0.938. The molecule has 0 saturated heterocycles. The monoisotopic (exact) mass is 298 g/mol. The maximum absolute atomic E-state index is 11.0. The van der Waals surface area contributed by atoms with Crippen LogP contribution in [0.25, 0.3) is 0 Å². The summed E-state index contributed by atoms with van der Waals surface area (Å²) in [5.74, 6) is -0.165. The Morgan fingerprint density at radius 3 is 2.88 bits per heavy atom. The first-order valence-corrected chi connectivity index (χ1v) is 6.02. The summed E-state index contributed by atoms with van der Waals surface area (Å²) in [5, 5.41) is 9.04. The lowest BCUT2D eigenvalue weighted by atomic mass is 9.88. The number of aliphatic carboxylic acids is 1. The van der Waals surface area contributed by atoms with Crippen LogP contribution in [0.2, 0.25) is 0 Å². The van der Waals surface area contributed by atoms with Crippen LogP contribution in [0.1, 0.15) is 13.3 Å². The molecule has 0 aliphatic heterocycles. The van der Waals surface area contributed by atoms with Gasteiger partial charge < -0.3 is 9.84 Å². The van der Waals surface area contributed by atoms with Crippen molar-refractivity contribution in [1.29, 1.82) is 0 Å². The Hall–Kier alpha value is -1.29. The molecule has 1 unspecified atom stereocenters. The summed E-state index contributed by atoms with van der Waals surface area (Å²) >= 11 is 3.34. The first-order chi connectivity index (χ1) is 7.98. The lowest BCUT2D eigenvalue weighted by molar-refractivity contribution is -0.145. The average molecular weight is 299 g/mol. The molecular weight excluding hydrogens is 284 g/mol. The van der Waals surface area contributed by atoms with Crippen molar-refractivity contribution in [1.82, 2.24) is 0 Å². The molecule has 0 radical (unpaired) electrons. The summed E-state index contributed by atoms with van der Waals surface area (Å²) in [6.07, 6.45) is 1.83. The Balaban J connectivity index is 2.53. The molecule has 0 fully saturated rings. The van der Waals surface area contributed by atoms with Crippen LogP contribution in [-0.4, -0.2) is 17.7 Å². The molecule has 0 spiro atoms. The standard InChI is InChI=1S/C13H15BrO3/c1-3-13(2,12(15)16)7-8-17-11-6-4-5-10(14)9-11/h3-6,9H,1,7-8H2,2H3,(H,15,16). The fourth-order valence-electron chi connectivity index (χ4n) is 1.23. The second kappa shape index (κ2) is 5.87. The Kier molecular flexibility index (Phi) is 4.75. The first-order valence-electron chi connectivity index (χ1n) is 5.23. The fraction of sp³-hybridized carbons (Fsp3) is 0.308. The number of carbonyl (C=O) groups is 1. The highest BCUT2D eigenvalue weighted by Crippen LogP contribution is 2.24. The van der Waals surface area contributed by atoms with Crippen LogP contribution in [0.15, 0.2) is 41.4 Å². The van der Waals surface area contributed by atoms with Gasteiger partial charge in [0.25, 0.3) is 0 Å². The molecule has 1 aromatic rings.